The fourth-order valence-electron chi connectivity index (χ4n) is 9.69. The van der Waals surface area contributed by atoms with Gasteiger partial charge in [-0.1, -0.05) is 76.3 Å². The van der Waals surface area contributed by atoms with Gasteiger partial charge in [-0.2, -0.15) is 8.42 Å². The van der Waals surface area contributed by atoms with Gasteiger partial charge in [0.15, 0.2) is 0 Å². The van der Waals surface area contributed by atoms with Crippen molar-refractivity contribution in [3.05, 3.63) is 41.5 Å². The zero-order valence-corrected chi connectivity index (χ0v) is 25.8. The first-order valence-electron chi connectivity index (χ1n) is 15.8. The maximum Gasteiger partial charge on any atom is 0.297 e. The molecule has 1 N–H and O–H groups in total. The molecular formula is C34H52O4S. The first kappa shape index (κ1) is 29.3. The Morgan fingerprint density at radius 1 is 1.00 bits per heavy atom. The van der Waals surface area contributed by atoms with Gasteiger partial charge in [-0.25, -0.2) is 0 Å². The third-order valence-corrected chi connectivity index (χ3v) is 13.1. The van der Waals surface area contributed by atoms with E-state index in [1.54, 1.807) is 12.1 Å². The highest BCUT2D eigenvalue weighted by molar-refractivity contribution is 7.86. The summed E-state index contributed by atoms with van der Waals surface area (Å²) in [5, 5.41) is 10.6. The van der Waals surface area contributed by atoms with Crippen LogP contribution >= 0.6 is 0 Å². The predicted molar refractivity (Wildman–Crippen MR) is 158 cm³/mol. The van der Waals surface area contributed by atoms with E-state index in [9.17, 15) is 13.5 Å². The van der Waals surface area contributed by atoms with E-state index in [0.717, 1.165) is 49.0 Å². The Bertz CT molecular complexity index is 1140. The number of aryl methyl sites for hydroxylation is 1. The minimum absolute atomic E-state index is 0.210. The maximum absolute atomic E-state index is 13.3. The van der Waals surface area contributed by atoms with E-state index in [1.807, 2.05) is 19.1 Å². The summed E-state index contributed by atoms with van der Waals surface area (Å²) in [4.78, 5) is 0.236. The first-order valence-corrected chi connectivity index (χ1v) is 17.2. The smallest absolute Gasteiger partial charge is 0.297 e. The normalized spacial score (nSPS) is 37.1. The van der Waals surface area contributed by atoms with Crippen molar-refractivity contribution in [3.63, 3.8) is 0 Å². The van der Waals surface area contributed by atoms with Crippen LogP contribution in [0.4, 0.5) is 0 Å². The van der Waals surface area contributed by atoms with Crippen molar-refractivity contribution >= 4 is 10.1 Å². The highest BCUT2D eigenvalue weighted by Crippen LogP contribution is 2.67. The van der Waals surface area contributed by atoms with Gasteiger partial charge in [0.25, 0.3) is 10.1 Å². The van der Waals surface area contributed by atoms with Crippen LogP contribution in [0, 0.1) is 53.3 Å². The number of aliphatic hydroxyl groups excluding tert-OH is 1. The first-order chi connectivity index (χ1) is 18.5. The number of hydrogen-bond donors (Lipinski definition) is 1. The Labute approximate surface area is 238 Å². The maximum atomic E-state index is 13.3. The molecule has 0 radical (unpaired) electrons. The van der Waals surface area contributed by atoms with Gasteiger partial charge in [0.05, 0.1) is 17.6 Å². The molecule has 0 bridgehead atoms. The average molecular weight is 557 g/mol. The fraction of sp³-hybridized carbons (Fsp3) is 0.765. The number of fused-ring (bicyclic) bond motifs is 5. The number of allylic oxidation sites excluding steroid dienone is 1. The molecule has 39 heavy (non-hydrogen) atoms. The lowest BCUT2D eigenvalue weighted by Gasteiger charge is -2.59. The third kappa shape index (κ3) is 5.54. The van der Waals surface area contributed by atoms with Crippen molar-refractivity contribution in [3.8, 4) is 0 Å². The Morgan fingerprint density at radius 2 is 1.74 bits per heavy atom. The molecule has 3 fully saturated rings. The topological polar surface area (TPSA) is 63.6 Å². The molecule has 0 saturated heterocycles. The summed E-state index contributed by atoms with van der Waals surface area (Å²) in [6.45, 7) is 11.9. The molecule has 5 heteroatoms. The summed E-state index contributed by atoms with van der Waals surface area (Å²) >= 11 is 0. The molecule has 0 amide bonds. The molecule has 0 aromatic heterocycles. The van der Waals surface area contributed by atoms with E-state index < -0.39 is 10.1 Å². The number of hydrogen-bond acceptors (Lipinski definition) is 4. The second-order valence-corrected chi connectivity index (χ2v) is 16.1. The zero-order chi connectivity index (χ0) is 28.0. The zero-order valence-electron chi connectivity index (χ0n) is 25.0. The van der Waals surface area contributed by atoms with E-state index in [2.05, 4.69) is 33.8 Å². The van der Waals surface area contributed by atoms with Crippen LogP contribution in [-0.4, -0.2) is 26.2 Å². The molecule has 3 saturated carbocycles. The molecule has 0 heterocycles. The Hall–Kier alpha value is -1.17. The molecular weight excluding hydrogens is 504 g/mol. The van der Waals surface area contributed by atoms with Crippen molar-refractivity contribution in [1.29, 1.82) is 0 Å². The average Bonchev–Trinajstić information content (AvgIpc) is 3.25. The summed E-state index contributed by atoms with van der Waals surface area (Å²) in [7, 11) is -3.84. The van der Waals surface area contributed by atoms with Crippen LogP contribution in [0.1, 0.15) is 104 Å². The summed E-state index contributed by atoms with van der Waals surface area (Å²) in [6.07, 6.45) is 14.4. The van der Waals surface area contributed by atoms with Crippen molar-refractivity contribution in [2.75, 3.05) is 6.61 Å². The standard InChI is InChI=1S/C34H52O4S/c1-23(2)7-6-8-25(4)30-15-16-31-29-14-11-26-21-27(35)17-20-34(26,32(29)18-19-33(30,31)5)22-38-39(36,37)28-12-9-24(3)10-13-28/h9-13,23,25,27,29-32,35H,6-8,14-22H2,1-5H3/t25?,27-,29?,30+,31?,32?,33+,34+/m0/s1. The van der Waals surface area contributed by atoms with E-state index in [-0.39, 0.29) is 23.0 Å². The van der Waals surface area contributed by atoms with Crippen LogP contribution < -0.4 is 0 Å². The van der Waals surface area contributed by atoms with Crippen LogP contribution in [0.15, 0.2) is 40.8 Å². The molecule has 5 rings (SSSR count). The van der Waals surface area contributed by atoms with Crippen LogP contribution in [0.3, 0.4) is 0 Å². The van der Waals surface area contributed by atoms with Crippen molar-refractivity contribution in [2.45, 2.75) is 116 Å². The van der Waals surface area contributed by atoms with Gasteiger partial charge in [0.1, 0.15) is 0 Å². The van der Waals surface area contributed by atoms with E-state index in [4.69, 9.17) is 4.18 Å². The number of benzene rings is 1. The van der Waals surface area contributed by atoms with Crippen LogP contribution in [-0.2, 0) is 14.3 Å². The summed E-state index contributed by atoms with van der Waals surface area (Å²) in [5.74, 6) is 4.07. The van der Waals surface area contributed by atoms with Crippen LogP contribution in [0.5, 0.6) is 0 Å². The van der Waals surface area contributed by atoms with E-state index in [1.165, 1.54) is 44.1 Å². The van der Waals surface area contributed by atoms with Crippen molar-refractivity contribution in [2.24, 2.45) is 46.3 Å². The summed E-state index contributed by atoms with van der Waals surface area (Å²) in [6, 6.07) is 6.96. The number of aliphatic hydroxyl groups is 1. The largest absolute Gasteiger partial charge is 0.393 e. The monoisotopic (exact) mass is 556 g/mol. The Balaban J connectivity index is 1.37. The minimum Gasteiger partial charge on any atom is -0.393 e. The highest BCUT2D eigenvalue weighted by atomic mass is 32.2. The lowest BCUT2D eigenvalue weighted by Crippen LogP contribution is -2.53. The van der Waals surface area contributed by atoms with Crippen LogP contribution in [0.25, 0.3) is 0 Å². The number of rotatable bonds is 9. The lowest BCUT2D eigenvalue weighted by molar-refractivity contribution is -0.0755. The van der Waals surface area contributed by atoms with Gasteiger partial charge in [0.2, 0.25) is 0 Å². The second-order valence-electron chi connectivity index (χ2n) is 14.5. The van der Waals surface area contributed by atoms with Gasteiger partial charge in [-0.3, -0.25) is 4.18 Å². The third-order valence-electron chi connectivity index (χ3n) is 11.8. The van der Waals surface area contributed by atoms with Gasteiger partial charge < -0.3 is 5.11 Å². The molecule has 0 spiro atoms. The van der Waals surface area contributed by atoms with Crippen molar-refractivity contribution in [1.82, 2.24) is 0 Å². The molecule has 4 unspecified atom stereocenters. The second kappa shape index (κ2) is 11.2. The molecule has 4 nitrogen and oxygen atoms in total. The fourth-order valence-corrected chi connectivity index (χ4v) is 10.7. The van der Waals surface area contributed by atoms with Crippen LogP contribution in [0.2, 0.25) is 0 Å². The highest BCUT2D eigenvalue weighted by Gasteiger charge is 2.60. The molecule has 1 aromatic carbocycles. The molecule has 4 aliphatic carbocycles. The Morgan fingerprint density at radius 3 is 2.46 bits per heavy atom. The quantitative estimate of drug-likeness (QED) is 0.247. The van der Waals surface area contributed by atoms with Crippen molar-refractivity contribution < 1.29 is 17.7 Å². The molecule has 218 valence electrons. The predicted octanol–water partition coefficient (Wildman–Crippen LogP) is 8.08. The summed E-state index contributed by atoms with van der Waals surface area (Å²) in [5.41, 5.74) is 2.40. The summed E-state index contributed by atoms with van der Waals surface area (Å²) < 4.78 is 32.5. The Kier molecular flexibility index (Phi) is 8.46. The van der Waals surface area contributed by atoms with Gasteiger partial charge >= 0.3 is 0 Å². The van der Waals surface area contributed by atoms with E-state index >= 15 is 0 Å². The molecule has 0 aliphatic heterocycles. The molecule has 4 aliphatic rings. The van der Waals surface area contributed by atoms with Gasteiger partial charge in [0, 0.05) is 5.41 Å². The van der Waals surface area contributed by atoms with E-state index in [0.29, 0.717) is 29.6 Å². The minimum atomic E-state index is -3.84. The lowest BCUT2D eigenvalue weighted by atomic mass is 9.46. The molecule has 8 atom stereocenters. The molecule has 1 aromatic rings. The van der Waals surface area contributed by atoms with Gasteiger partial charge in [-0.05, 0) is 111 Å². The van der Waals surface area contributed by atoms with Gasteiger partial charge in [-0.15, -0.1) is 0 Å². The SMILES string of the molecule is Cc1ccc(S(=O)(=O)OC[C@]23CC[C@H](O)CC2=CCC2C3CC[C@@]3(C)C2CC[C@@H]3C(C)CCCC(C)C)cc1.